The van der Waals surface area contributed by atoms with Crippen molar-refractivity contribution < 1.29 is 4.52 Å². The Balaban J connectivity index is 2.95. The standard InChI is InChI=1S/C5H2BrN3O/c6-3-1-7-2-4-5(3)10-9-8-4/h1-2H. The maximum absolute atomic E-state index is 4.80. The Morgan fingerprint density at radius 2 is 2.30 bits per heavy atom. The summed E-state index contributed by atoms with van der Waals surface area (Å²) in [6, 6.07) is 0. The average Bonchev–Trinajstić information content (AvgIpc) is 2.36. The zero-order valence-corrected chi connectivity index (χ0v) is 6.37. The van der Waals surface area contributed by atoms with Crippen molar-refractivity contribution in [3.05, 3.63) is 16.9 Å². The summed E-state index contributed by atoms with van der Waals surface area (Å²) >= 11 is 3.24. The van der Waals surface area contributed by atoms with E-state index in [0.29, 0.717) is 11.1 Å². The van der Waals surface area contributed by atoms with E-state index in [-0.39, 0.29) is 0 Å². The molecule has 0 amide bonds. The highest BCUT2D eigenvalue weighted by Crippen LogP contribution is 2.19. The van der Waals surface area contributed by atoms with Gasteiger partial charge in [0.15, 0.2) is 5.52 Å². The zero-order valence-electron chi connectivity index (χ0n) is 4.78. The molecular weight excluding hydrogens is 198 g/mol. The van der Waals surface area contributed by atoms with Crippen LogP contribution in [0.3, 0.4) is 0 Å². The Kier molecular flexibility index (Phi) is 1.17. The zero-order chi connectivity index (χ0) is 6.97. The van der Waals surface area contributed by atoms with Crippen molar-refractivity contribution in [2.45, 2.75) is 0 Å². The second-order valence-electron chi connectivity index (χ2n) is 1.74. The number of pyridine rings is 1. The van der Waals surface area contributed by atoms with Crippen molar-refractivity contribution in [2.75, 3.05) is 0 Å². The topological polar surface area (TPSA) is 51.8 Å². The van der Waals surface area contributed by atoms with Crippen molar-refractivity contribution >= 4 is 27.0 Å². The number of hydrogen-bond donors (Lipinski definition) is 0. The summed E-state index contributed by atoms with van der Waals surface area (Å²) in [7, 11) is 0. The van der Waals surface area contributed by atoms with Gasteiger partial charge >= 0.3 is 0 Å². The highest BCUT2D eigenvalue weighted by Gasteiger charge is 2.02. The molecule has 0 spiro atoms. The number of fused-ring (bicyclic) bond motifs is 1. The van der Waals surface area contributed by atoms with E-state index in [4.69, 9.17) is 4.52 Å². The molecule has 50 valence electrons. The predicted molar refractivity (Wildman–Crippen MR) is 37.3 cm³/mol. The molecule has 4 nitrogen and oxygen atoms in total. The molecule has 10 heavy (non-hydrogen) atoms. The maximum Gasteiger partial charge on any atom is 0.204 e. The van der Waals surface area contributed by atoms with Crippen LogP contribution in [0.5, 0.6) is 0 Å². The molecule has 0 fully saturated rings. The van der Waals surface area contributed by atoms with Crippen LogP contribution in [0.4, 0.5) is 0 Å². The van der Waals surface area contributed by atoms with Crippen LogP contribution in [0, 0.1) is 0 Å². The lowest BCUT2D eigenvalue weighted by molar-refractivity contribution is 0.423. The van der Waals surface area contributed by atoms with Gasteiger partial charge in [-0.15, -0.1) is 5.10 Å². The van der Waals surface area contributed by atoms with Crippen LogP contribution in [-0.4, -0.2) is 15.4 Å². The van der Waals surface area contributed by atoms with E-state index in [1.807, 2.05) is 0 Å². The van der Waals surface area contributed by atoms with Crippen LogP contribution in [0.25, 0.3) is 11.1 Å². The number of aromatic nitrogens is 3. The molecule has 0 saturated heterocycles. The van der Waals surface area contributed by atoms with E-state index >= 15 is 0 Å². The third kappa shape index (κ3) is 0.706. The average molecular weight is 200 g/mol. The van der Waals surface area contributed by atoms with Crippen LogP contribution < -0.4 is 0 Å². The first kappa shape index (κ1) is 5.79. The van der Waals surface area contributed by atoms with E-state index in [1.54, 1.807) is 12.4 Å². The lowest BCUT2D eigenvalue weighted by Crippen LogP contribution is -1.72. The molecule has 0 saturated carbocycles. The van der Waals surface area contributed by atoms with E-state index in [2.05, 4.69) is 31.3 Å². The van der Waals surface area contributed by atoms with E-state index in [9.17, 15) is 0 Å². The van der Waals surface area contributed by atoms with Gasteiger partial charge in [-0.3, -0.25) is 4.98 Å². The number of nitrogens with zero attached hydrogens (tertiary/aromatic N) is 3. The molecule has 0 radical (unpaired) electrons. The van der Waals surface area contributed by atoms with Crippen molar-refractivity contribution in [1.29, 1.82) is 0 Å². The summed E-state index contributed by atoms with van der Waals surface area (Å²) in [5, 5.41) is 7.04. The fourth-order valence-electron chi connectivity index (χ4n) is 0.680. The monoisotopic (exact) mass is 199 g/mol. The summed E-state index contributed by atoms with van der Waals surface area (Å²) < 4.78 is 5.57. The quantitative estimate of drug-likeness (QED) is 0.644. The lowest BCUT2D eigenvalue weighted by Gasteiger charge is -1.84. The second kappa shape index (κ2) is 2.02. The molecule has 0 bridgehead atoms. The van der Waals surface area contributed by atoms with Gasteiger partial charge in [0.2, 0.25) is 5.58 Å². The van der Waals surface area contributed by atoms with E-state index in [1.165, 1.54) is 0 Å². The maximum atomic E-state index is 4.80. The molecule has 0 atom stereocenters. The lowest BCUT2D eigenvalue weighted by atomic mass is 10.4. The minimum Gasteiger partial charge on any atom is -0.336 e. The highest BCUT2D eigenvalue weighted by molar-refractivity contribution is 9.10. The third-order valence-electron chi connectivity index (χ3n) is 1.11. The van der Waals surface area contributed by atoms with Crippen molar-refractivity contribution in [3.63, 3.8) is 0 Å². The van der Waals surface area contributed by atoms with Gasteiger partial charge in [0.25, 0.3) is 0 Å². The van der Waals surface area contributed by atoms with E-state index in [0.717, 1.165) is 4.47 Å². The molecule has 0 aromatic carbocycles. The Morgan fingerprint density at radius 3 is 3.10 bits per heavy atom. The number of rotatable bonds is 0. The van der Waals surface area contributed by atoms with Crippen LogP contribution >= 0.6 is 15.9 Å². The fraction of sp³-hybridized carbons (Fsp3) is 0. The Bertz CT molecular complexity index is 358. The first-order chi connectivity index (χ1) is 4.88. The Morgan fingerprint density at radius 1 is 1.40 bits per heavy atom. The van der Waals surface area contributed by atoms with Crippen LogP contribution in [0.2, 0.25) is 0 Å². The van der Waals surface area contributed by atoms with Crippen LogP contribution in [0.1, 0.15) is 0 Å². The van der Waals surface area contributed by atoms with Crippen molar-refractivity contribution in [1.82, 2.24) is 15.4 Å². The van der Waals surface area contributed by atoms with E-state index < -0.39 is 0 Å². The van der Waals surface area contributed by atoms with Gasteiger partial charge in [0, 0.05) is 11.5 Å². The summed E-state index contributed by atoms with van der Waals surface area (Å²) in [4.78, 5) is 3.88. The van der Waals surface area contributed by atoms with Crippen LogP contribution in [-0.2, 0) is 0 Å². The molecule has 0 aliphatic carbocycles. The molecule has 2 heterocycles. The molecule has 0 aliphatic heterocycles. The second-order valence-corrected chi connectivity index (χ2v) is 2.60. The summed E-state index contributed by atoms with van der Waals surface area (Å²) in [6.45, 7) is 0. The first-order valence-electron chi connectivity index (χ1n) is 2.59. The smallest absolute Gasteiger partial charge is 0.204 e. The number of hydrogen-bond acceptors (Lipinski definition) is 4. The van der Waals surface area contributed by atoms with Gasteiger partial charge < -0.3 is 4.52 Å². The molecule has 0 unspecified atom stereocenters. The Hall–Kier alpha value is -0.970. The van der Waals surface area contributed by atoms with Crippen LogP contribution in [0.15, 0.2) is 21.4 Å². The third-order valence-corrected chi connectivity index (χ3v) is 1.68. The van der Waals surface area contributed by atoms with Crippen molar-refractivity contribution in [2.24, 2.45) is 0 Å². The minimum absolute atomic E-state index is 0.634. The van der Waals surface area contributed by atoms with Gasteiger partial charge in [-0.25, -0.2) is 0 Å². The Labute approximate surface area is 64.4 Å². The minimum atomic E-state index is 0.634. The SMILES string of the molecule is Brc1cncc2nnoc12. The van der Waals surface area contributed by atoms with Gasteiger partial charge in [0.1, 0.15) is 0 Å². The number of halogens is 1. The molecule has 2 aromatic rings. The molecular formula is C5H2BrN3O. The normalized spacial score (nSPS) is 10.5. The molecule has 5 heteroatoms. The van der Waals surface area contributed by atoms with Crippen molar-refractivity contribution in [3.8, 4) is 0 Å². The van der Waals surface area contributed by atoms with Gasteiger partial charge in [0.05, 0.1) is 10.7 Å². The predicted octanol–water partition coefficient (Wildman–Crippen LogP) is 1.38. The van der Waals surface area contributed by atoms with Gasteiger partial charge in [-0.1, -0.05) is 0 Å². The van der Waals surface area contributed by atoms with Gasteiger partial charge in [-0.05, 0) is 15.9 Å². The summed E-state index contributed by atoms with van der Waals surface area (Å²) in [5.41, 5.74) is 1.30. The molecule has 2 rings (SSSR count). The first-order valence-corrected chi connectivity index (χ1v) is 3.39. The fourth-order valence-corrected chi connectivity index (χ4v) is 1.07. The van der Waals surface area contributed by atoms with Gasteiger partial charge in [-0.2, -0.15) is 0 Å². The highest BCUT2D eigenvalue weighted by atomic mass is 79.9. The molecule has 0 N–H and O–H groups in total. The largest absolute Gasteiger partial charge is 0.336 e. The molecule has 2 aromatic heterocycles. The molecule has 0 aliphatic rings. The summed E-state index contributed by atoms with van der Waals surface area (Å²) in [6.07, 6.45) is 3.23. The summed E-state index contributed by atoms with van der Waals surface area (Å²) in [5.74, 6) is 0.